The van der Waals surface area contributed by atoms with Crippen molar-refractivity contribution in [2.75, 3.05) is 5.06 Å². The van der Waals surface area contributed by atoms with Crippen LogP contribution >= 0.6 is 0 Å². The number of carbonyl (C=O) groups is 1. The third kappa shape index (κ3) is 4.79. The number of rotatable bonds is 4. The highest BCUT2D eigenvalue weighted by Gasteiger charge is 2.42. The Morgan fingerprint density at radius 1 is 1.09 bits per heavy atom. The topological polar surface area (TPSA) is 29.5 Å². The van der Waals surface area contributed by atoms with Gasteiger partial charge in [0.2, 0.25) is 8.32 Å². The predicted octanol–water partition coefficient (Wildman–Crippen LogP) is 5.65. The van der Waals surface area contributed by atoms with Crippen LogP contribution < -0.4 is 5.06 Å². The highest BCUT2D eigenvalue weighted by atomic mass is 28.4. The highest BCUT2D eigenvalue weighted by Crippen LogP contribution is 2.39. The van der Waals surface area contributed by atoms with E-state index in [-0.39, 0.29) is 10.9 Å². The summed E-state index contributed by atoms with van der Waals surface area (Å²) in [5, 5.41) is 1.52. The molecule has 0 spiro atoms. The van der Waals surface area contributed by atoms with Crippen LogP contribution in [0.2, 0.25) is 18.1 Å². The summed E-state index contributed by atoms with van der Waals surface area (Å²) in [7, 11) is -2.13. The molecule has 0 saturated carbocycles. The van der Waals surface area contributed by atoms with Crippen molar-refractivity contribution in [1.29, 1.82) is 0 Å². The largest absolute Gasteiger partial charge is 0.312 e. The first-order chi connectivity index (χ1) is 10.3. The molecule has 0 aliphatic carbocycles. The van der Waals surface area contributed by atoms with Gasteiger partial charge in [-0.3, -0.25) is 4.79 Å². The van der Waals surface area contributed by atoms with Crippen molar-refractivity contribution in [1.82, 2.24) is 0 Å². The van der Waals surface area contributed by atoms with Gasteiger partial charge in [-0.05, 0) is 35.8 Å². The predicted molar refractivity (Wildman–Crippen MR) is 102 cm³/mol. The van der Waals surface area contributed by atoms with Crippen LogP contribution in [-0.2, 0) is 9.32 Å². The van der Waals surface area contributed by atoms with E-state index in [1.54, 1.807) is 6.08 Å². The lowest BCUT2D eigenvalue weighted by Crippen LogP contribution is -2.51. The van der Waals surface area contributed by atoms with Crippen LogP contribution in [0.5, 0.6) is 0 Å². The zero-order valence-electron chi connectivity index (χ0n) is 15.9. The summed E-state index contributed by atoms with van der Waals surface area (Å²) in [5.41, 5.74) is 1.27. The minimum absolute atomic E-state index is 0.0183. The standard InChI is InChI=1S/C19H31NO2Si/c1-10-15-11-13-16(14-12-15)20(17(21)18(2,3)4)22-23(8,9)19(5,6)7/h10-14H,1H2,2-9H3. The van der Waals surface area contributed by atoms with Crippen molar-refractivity contribution in [3.63, 3.8) is 0 Å². The normalized spacial score (nSPS) is 12.9. The summed E-state index contributed by atoms with van der Waals surface area (Å²) >= 11 is 0. The molecular formula is C19H31NO2Si. The van der Waals surface area contributed by atoms with Gasteiger partial charge in [0.15, 0.2) is 0 Å². The van der Waals surface area contributed by atoms with Crippen molar-refractivity contribution >= 4 is 26.0 Å². The molecule has 0 heterocycles. The maximum absolute atomic E-state index is 12.9. The van der Waals surface area contributed by atoms with E-state index in [9.17, 15) is 4.79 Å². The first-order valence-corrected chi connectivity index (χ1v) is 11.0. The number of amides is 1. The van der Waals surface area contributed by atoms with Crippen LogP contribution in [0, 0.1) is 5.41 Å². The van der Waals surface area contributed by atoms with Gasteiger partial charge < -0.3 is 4.53 Å². The Balaban J connectivity index is 3.27. The maximum atomic E-state index is 12.9. The van der Waals surface area contributed by atoms with E-state index >= 15 is 0 Å². The SMILES string of the molecule is C=Cc1ccc(N(O[Si](C)(C)C(C)(C)C)C(=O)C(C)(C)C)cc1. The third-order valence-corrected chi connectivity index (χ3v) is 8.57. The molecule has 1 amide bonds. The average Bonchev–Trinajstić information content (AvgIpc) is 2.42. The second-order valence-electron chi connectivity index (χ2n) is 8.50. The van der Waals surface area contributed by atoms with Gasteiger partial charge in [-0.1, -0.05) is 66.3 Å². The van der Waals surface area contributed by atoms with E-state index < -0.39 is 13.7 Å². The summed E-state index contributed by atoms with van der Waals surface area (Å²) in [5.74, 6) is -0.0336. The zero-order valence-corrected chi connectivity index (χ0v) is 16.9. The molecule has 3 nitrogen and oxygen atoms in total. The second-order valence-corrected chi connectivity index (χ2v) is 13.2. The maximum Gasteiger partial charge on any atom is 0.255 e. The molecule has 0 saturated heterocycles. The summed E-state index contributed by atoms with van der Waals surface area (Å²) in [4.78, 5) is 12.9. The lowest BCUT2D eigenvalue weighted by Gasteiger charge is -2.41. The first kappa shape index (κ1) is 19.7. The first-order valence-electron chi connectivity index (χ1n) is 8.06. The molecule has 0 aliphatic heterocycles. The summed E-state index contributed by atoms with van der Waals surface area (Å²) in [6.45, 7) is 20.3. The molecule has 1 aromatic rings. The van der Waals surface area contributed by atoms with E-state index in [1.165, 1.54) is 5.06 Å². The van der Waals surface area contributed by atoms with Gasteiger partial charge in [0.25, 0.3) is 5.91 Å². The molecule has 0 bridgehead atoms. The fourth-order valence-corrected chi connectivity index (χ4v) is 2.55. The van der Waals surface area contributed by atoms with E-state index in [1.807, 2.05) is 45.0 Å². The summed E-state index contributed by atoms with van der Waals surface area (Å²) < 4.78 is 6.35. The fourth-order valence-electron chi connectivity index (χ4n) is 1.63. The molecular weight excluding hydrogens is 302 g/mol. The Morgan fingerprint density at radius 3 is 1.91 bits per heavy atom. The number of nitrogens with zero attached hydrogens (tertiary/aromatic N) is 1. The van der Waals surface area contributed by atoms with Crippen LogP contribution in [0.4, 0.5) is 5.69 Å². The van der Waals surface area contributed by atoms with Crippen molar-refractivity contribution < 1.29 is 9.32 Å². The summed E-state index contributed by atoms with van der Waals surface area (Å²) in [6.07, 6.45) is 1.79. The lowest BCUT2D eigenvalue weighted by atomic mass is 9.95. The molecule has 23 heavy (non-hydrogen) atoms. The molecule has 128 valence electrons. The van der Waals surface area contributed by atoms with Gasteiger partial charge in [-0.15, -0.1) is 0 Å². The van der Waals surface area contributed by atoms with Crippen LogP contribution in [0.25, 0.3) is 6.08 Å². The Morgan fingerprint density at radius 2 is 1.57 bits per heavy atom. The number of carbonyl (C=O) groups excluding carboxylic acids is 1. The fraction of sp³-hybridized carbons (Fsp3) is 0.526. The molecule has 0 N–H and O–H groups in total. The third-order valence-electron chi connectivity index (χ3n) is 4.32. The quantitative estimate of drug-likeness (QED) is 0.526. The Kier molecular flexibility index (Phi) is 5.65. The smallest absolute Gasteiger partial charge is 0.255 e. The monoisotopic (exact) mass is 333 g/mol. The molecule has 1 aromatic carbocycles. The molecule has 0 aromatic heterocycles. The molecule has 4 heteroatoms. The average molecular weight is 334 g/mol. The minimum Gasteiger partial charge on any atom is -0.312 e. The van der Waals surface area contributed by atoms with E-state index in [0.717, 1.165) is 11.3 Å². The number of hydrogen-bond acceptors (Lipinski definition) is 2. The highest BCUT2D eigenvalue weighted by molar-refractivity contribution is 6.74. The van der Waals surface area contributed by atoms with Crippen molar-refractivity contribution in [2.45, 2.75) is 59.7 Å². The lowest BCUT2D eigenvalue weighted by molar-refractivity contribution is -0.130. The van der Waals surface area contributed by atoms with Crippen LogP contribution in [0.3, 0.4) is 0 Å². The molecule has 0 unspecified atom stereocenters. The van der Waals surface area contributed by atoms with Crippen LogP contribution in [0.1, 0.15) is 47.1 Å². The molecule has 1 rings (SSSR count). The van der Waals surface area contributed by atoms with Gasteiger partial charge >= 0.3 is 0 Å². The van der Waals surface area contributed by atoms with Gasteiger partial charge in [-0.25, -0.2) is 0 Å². The molecule has 0 radical (unpaired) electrons. The Labute approximate surface area is 142 Å². The van der Waals surface area contributed by atoms with Crippen molar-refractivity contribution in [3.8, 4) is 0 Å². The van der Waals surface area contributed by atoms with Gasteiger partial charge in [0, 0.05) is 5.41 Å². The van der Waals surface area contributed by atoms with E-state index in [4.69, 9.17) is 4.53 Å². The Bertz CT molecular complexity index is 563. The van der Waals surface area contributed by atoms with Gasteiger partial charge in [-0.2, -0.15) is 5.06 Å². The second kappa shape index (κ2) is 6.61. The zero-order chi connectivity index (χ0) is 18.1. The molecule has 0 aliphatic rings. The molecule has 0 fully saturated rings. The van der Waals surface area contributed by atoms with Gasteiger partial charge in [0.1, 0.15) is 0 Å². The number of benzene rings is 1. The number of hydroxylamine groups is 1. The summed E-state index contributed by atoms with van der Waals surface area (Å²) in [6, 6.07) is 7.71. The molecule has 0 atom stereocenters. The van der Waals surface area contributed by atoms with Crippen LogP contribution in [-0.4, -0.2) is 14.2 Å². The van der Waals surface area contributed by atoms with Crippen molar-refractivity contribution in [3.05, 3.63) is 36.4 Å². The van der Waals surface area contributed by atoms with Gasteiger partial charge in [0.05, 0.1) is 5.69 Å². The Hall–Kier alpha value is -1.39. The van der Waals surface area contributed by atoms with Crippen LogP contribution in [0.15, 0.2) is 30.8 Å². The van der Waals surface area contributed by atoms with E-state index in [2.05, 4.69) is 40.4 Å². The van der Waals surface area contributed by atoms with Crippen molar-refractivity contribution in [2.24, 2.45) is 5.41 Å². The number of hydrogen-bond donors (Lipinski definition) is 0. The van der Waals surface area contributed by atoms with E-state index in [0.29, 0.717) is 0 Å². The minimum atomic E-state index is -2.13. The number of anilines is 1.